The standard InChI is InChI=1S/C25H18ClN7OS/c1-35-23-21(14-27)22(17-3-2-4-18(26)13-17)33-25(30-23)31-24(32-33)29-15-16-5-7-19(8-6-16)34-20-9-11-28-12-10-20/h2-13H,15H2,1H3,(H,29,32). The molecule has 0 aliphatic heterocycles. The maximum Gasteiger partial charge on any atom is 0.255 e. The molecule has 0 aliphatic carbocycles. The lowest BCUT2D eigenvalue weighted by Gasteiger charge is -2.09. The number of ether oxygens (including phenoxy) is 1. The van der Waals surface area contributed by atoms with Crippen LogP contribution in [0.1, 0.15) is 11.1 Å². The van der Waals surface area contributed by atoms with Gasteiger partial charge < -0.3 is 10.1 Å². The second-order valence-electron chi connectivity index (χ2n) is 7.40. The van der Waals surface area contributed by atoms with E-state index in [-0.39, 0.29) is 0 Å². The number of anilines is 1. The third kappa shape index (κ3) is 4.89. The van der Waals surface area contributed by atoms with Crippen LogP contribution in [0, 0.1) is 11.3 Å². The summed E-state index contributed by atoms with van der Waals surface area (Å²) in [5.74, 6) is 2.26. The van der Waals surface area contributed by atoms with Gasteiger partial charge in [0, 0.05) is 29.5 Å². The second kappa shape index (κ2) is 10.0. The van der Waals surface area contributed by atoms with Gasteiger partial charge >= 0.3 is 0 Å². The van der Waals surface area contributed by atoms with Gasteiger partial charge in [-0.3, -0.25) is 4.98 Å². The highest BCUT2D eigenvalue weighted by Gasteiger charge is 2.20. The molecule has 0 aliphatic rings. The molecule has 0 unspecified atom stereocenters. The molecule has 2 aromatic carbocycles. The lowest BCUT2D eigenvalue weighted by atomic mass is 10.1. The Morgan fingerprint density at radius 3 is 2.54 bits per heavy atom. The lowest BCUT2D eigenvalue weighted by molar-refractivity contribution is 0.482. The number of fused-ring (bicyclic) bond motifs is 1. The summed E-state index contributed by atoms with van der Waals surface area (Å²) in [6.45, 7) is 0.499. The fourth-order valence-corrected chi connectivity index (χ4v) is 4.21. The number of hydrogen-bond donors (Lipinski definition) is 1. The summed E-state index contributed by atoms with van der Waals surface area (Å²) in [5, 5.41) is 18.8. The molecule has 0 spiro atoms. The van der Waals surface area contributed by atoms with Crippen molar-refractivity contribution in [3.8, 4) is 28.8 Å². The maximum absolute atomic E-state index is 9.87. The lowest BCUT2D eigenvalue weighted by Crippen LogP contribution is -2.04. The maximum atomic E-state index is 9.87. The number of aromatic nitrogens is 5. The Balaban J connectivity index is 1.41. The summed E-state index contributed by atoms with van der Waals surface area (Å²) >= 11 is 7.61. The van der Waals surface area contributed by atoms with Gasteiger partial charge in [-0.25, -0.2) is 4.98 Å². The normalized spacial score (nSPS) is 10.8. The predicted molar refractivity (Wildman–Crippen MR) is 136 cm³/mol. The van der Waals surface area contributed by atoms with Gasteiger partial charge in [0.25, 0.3) is 5.78 Å². The first kappa shape index (κ1) is 22.7. The number of halogens is 1. The van der Waals surface area contributed by atoms with Crippen molar-refractivity contribution in [3.63, 3.8) is 0 Å². The van der Waals surface area contributed by atoms with Gasteiger partial charge in [-0.15, -0.1) is 16.9 Å². The third-order valence-corrected chi connectivity index (χ3v) is 6.03. The monoisotopic (exact) mass is 499 g/mol. The summed E-state index contributed by atoms with van der Waals surface area (Å²) in [7, 11) is 0. The number of nitrogens with one attached hydrogen (secondary N) is 1. The Kier molecular flexibility index (Phi) is 6.48. The summed E-state index contributed by atoms with van der Waals surface area (Å²) < 4.78 is 7.39. The Morgan fingerprint density at radius 1 is 1.06 bits per heavy atom. The van der Waals surface area contributed by atoms with Crippen LogP contribution < -0.4 is 10.1 Å². The molecule has 35 heavy (non-hydrogen) atoms. The quantitative estimate of drug-likeness (QED) is 0.220. The summed E-state index contributed by atoms with van der Waals surface area (Å²) in [6.07, 6.45) is 5.24. The highest BCUT2D eigenvalue weighted by molar-refractivity contribution is 7.98. The van der Waals surface area contributed by atoms with Gasteiger partial charge in [-0.1, -0.05) is 35.9 Å². The van der Waals surface area contributed by atoms with Crippen molar-refractivity contribution in [3.05, 3.63) is 89.2 Å². The average molecular weight is 500 g/mol. The first-order chi connectivity index (χ1) is 17.1. The molecule has 1 N–H and O–H groups in total. The van der Waals surface area contributed by atoms with Crippen molar-refractivity contribution in [1.82, 2.24) is 24.6 Å². The number of benzene rings is 2. The SMILES string of the molecule is CSc1nc2nc(NCc3ccc(Oc4ccncc4)cc3)nn2c(-c2cccc(Cl)c2)c1C#N. The molecule has 5 rings (SSSR count). The van der Waals surface area contributed by atoms with E-state index in [1.807, 2.05) is 42.7 Å². The van der Waals surface area contributed by atoms with E-state index in [1.54, 1.807) is 41.2 Å². The van der Waals surface area contributed by atoms with Crippen molar-refractivity contribution >= 4 is 35.1 Å². The number of rotatable bonds is 7. The van der Waals surface area contributed by atoms with E-state index in [2.05, 4.69) is 31.4 Å². The molecular weight excluding hydrogens is 482 g/mol. The molecule has 5 aromatic rings. The second-order valence-corrected chi connectivity index (χ2v) is 8.63. The molecule has 8 nitrogen and oxygen atoms in total. The van der Waals surface area contributed by atoms with E-state index in [0.29, 0.717) is 39.6 Å². The van der Waals surface area contributed by atoms with Crippen LogP contribution in [0.4, 0.5) is 5.95 Å². The average Bonchev–Trinajstić information content (AvgIpc) is 3.30. The molecular formula is C25H18ClN7OS. The Hall–Kier alpha value is -4.13. The number of thioether (sulfide) groups is 1. The number of pyridine rings is 1. The minimum Gasteiger partial charge on any atom is -0.457 e. The van der Waals surface area contributed by atoms with Crippen LogP contribution in [0.25, 0.3) is 17.0 Å². The molecule has 10 heteroatoms. The zero-order valence-corrected chi connectivity index (χ0v) is 20.1. The molecule has 0 radical (unpaired) electrons. The topological polar surface area (TPSA) is 101 Å². The van der Waals surface area contributed by atoms with Crippen molar-refractivity contribution < 1.29 is 4.74 Å². The summed E-state index contributed by atoms with van der Waals surface area (Å²) in [5.41, 5.74) is 2.81. The number of nitriles is 1. The van der Waals surface area contributed by atoms with E-state index < -0.39 is 0 Å². The zero-order valence-electron chi connectivity index (χ0n) is 18.5. The van der Waals surface area contributed by atoms with Crippen LogP contribution in [0.2, 0.25) is 5.02 Å². The van der Waals surface area contributed by atoms with Gasteiger partial charge in [0.15, 0.2) is 0 Å². The molecule has 172 valence electrons. The number of hydrogen-bond acceptors (Lipinski definition) is 8. The largest absolute Gasteiger partial charge is 0.457 e. The van der Waals surface area contributed by atoms with Crippen molar-refractivity contribution in [1.29, 1.82) is 5.26 Å². The zero-order chi connectivity index (χ0) is 24.2. The van der Waals surface area contributed by atoms with Crippen LogP contribution in [0.5, 0.6) is 11.5 Å². The van der Waals surface area contributed by atoms with Crippen molar-refractivity contribution in [2.75, 3.05) is 11.6 Å². The van der Waals surface area contributed by atoms with Crippen LogP contribution in [0.15, 0.2) is 78.1 Å². The first-order valence-corrected chi connectivity index (χ1v) is 12.2. The Morgan fingerprint density at radius 2 is 1.83 bits per heavy atom. The molecule has 0 atom stereocenters. The fraction of sp³-hybridized carbons (Fsp3) is 0.0800. The van der Waals surface area contributed by atoms with Crippen molar-refractivity contribution in [2.45, 2.75) is 11.6 Å². The van der Waals surface area contributed by atoms with E-state index >= 15 is 0 Å². The summed E-state index contributed by atoms with van der Waals surface area (Å²) in [6, 6.07) is 20.9. The number of nitrogens with zero attached hydrogens (tertiary/aromatic N) is 6. The molecule has 0 saturated carbocycles. The Bertz CT molecular complexity index is 1530. The minimum atomic E-state index is 0.395. The van der Waals surface area contributed by atoms with Crippen LogP contribution in [0.3, 0.4) is 0 Å². The molecule has 0 amide bonds. The van der Waals surface area contributed by atoms with E-state index in [0.717, 1.165) is 22.6 Å². The van der Waals surface area contributed by atoms with E-state index in [9.17, 15) is 5.26 Å². The summed E-state index contributed by atoms with van der Waals surface area (Å²) in [4.78, 5) is 13.1. The van der Waals surface area contributed by atoms with Crippen molar-refractivity contribution in [2.24, 2.45) is 0 Å². The minimum absolute atomic E-state index is 0.395. The highest BCUT2D eigenvalue weighted by atomic mass is 35.5. The molecule has 0 bridgehead atoms. The van der Waals surface area contributed by atoms with E-state index in [4.69, 9.17) is 16.3 Å². The molecule has 0 fully saturated rings. The fourth-order valence-electron chi connectivity index (χ4n) is 3.50. The van der Waals surface area contributed by atoms with Gasteiger partial charge in [0.05, 0.1) is 5.69 Å². The van der Waals surface area contributed by atoms with Crippen LogP contribution >= 0.6 is 23.4 Å². The van der Waals surface area contributed by atoms with Gasteiger partial charge in [0.1, 0.15) is 28.2 Å². The van der Waals surface area contributed by atoms with Gasteiger partial charge in [-0.05, 0) is 48.2 Å². The highest BCUT2D eigenvalue weighted by Crippen LogP contribution is 2.31. The van der Waals surface area contributed by atoms with Gasteiger partial charge in [0.2, 0.25) is 5.95 Å². The molecule has 0 saturated heterocycles. The van der Waals surface area contributed by atoms with E-state index in [1.165, 1.54) is 11.8 Å². The first-order valence-electron chi connectivity index (χ1n) is 10.6. The Labute approximate surface area is 210 Å². The van der Waals surface area contributed by atoms with Crippen LogP contribution in [-0.2, 0) is 6.54 Å². The van der Waals surface area contributed by atoms with Crippen LogP contribution in [-0.4, -0.2) is 30.8 Å². The molecule has 3 heterocycles. The predicted octanol–water partition coefficient (Wildman–Crippen LogP) is 5.84. The van der Waals surface area contributed by atoms with Gasteiger partial charge in [-0.2, -0.15) is 14.8 Å². The third-order valence-electron chi connectivity index (χ3n) is 5.12. The molecule has 3 aromatic heterocycles. The smallest absolute Gasteiger partial charge is 0.255 e.